The summed E-state index contributed by atoms with van der Waals surface area (Å²) < 4.78 is 13.7. The molecule has 0 N–H and O–H groups in total. The number of imidazole rings is 1. The van der Waals surface area contributed by atoms with E-state index in [0.29, 0.717) is 32.6 Å². The van der Waals surface area contributed by atoms with Crippen LogP contribution in [0.15, 0.2) is 72.8 Å². The molecule has 34 heavy (non-hydrogen) atoms. The first-order chi connectivity index (χ1) is 16.5. The van der Waals surface area contributed by atoms with E-state index in [9.17, 15) is 4.79 Å². The predicted octanol–water partition coefficient (Wildman–Crippen LogP) is 6.04. The van der Waals surface area contributed by atoms with Gasteiger partial charge in [0.25, 0.3) is 0 Å². The summed E-state index contributed by atoms with van der Waals surface area (Å²) in [6.45, 7) is 7.38. The Morgan fingerprint density at radius 3 is 2.47 bits per heavy atom. The lowest BCUT2D eigenvalue weighted by atomic mass is 9.96. The fourth-order valence-corrected chi connectivity index (χ4v) is 4.22. The van der Waals surface area contributed by atoms with E-state index in [2.05, 4.69) is 42.7 Å². The second kappa shape index (κ2) is 11.0. The normalized spacial score (nSPS) is 12.0. The molecule has 0 saturated heterocycles. The summed E-state index contributed by atoms with van der Waals surface area (Å²) in [5.74, 6) is 1.29. The van der Waals surface area contributed by atoms with Gasteiger partial charge in [-0.1, -0.05) is 60.2 Å². The maximum absolute atomic E-state index is 12.8. The highest BCUT2D eigenvalue weighted by Gasteiger charge is 2.22. The molecular formula is C29H32N2O3. The molecule has 1 unspecified atom stereocenters. The number of esters is 1. The number of aryl methyl sites for hydroxylation is 3. The third-order valence-corrected chi connectivity index (χ3v) is 6.09. The average molecular weight is 457 g/mol. The fraction of sp³-hybridized carbons (Fsp3) is 0.310. The fourth-order valence-electron chi connectivity index (χ4n) is 4.22. The standard InChI is InChI=1S/C29H32N2O3/c1-4-33-29(32)24(19-23-10-6-5-7-11-23)17-18-31-26-12-8-9-22(3)28(26)30-27(31)20-34-25-15-13-21(2)14-16-25/h5-16,24H,4,17-20H2,1-3H3. The van der Waals surface area contributed by atoms with Crippen molar-refractivity contribution in [2.24, 2.45) is 5.92 Å². The Bertz CT molecular complexity index is 1230. The molecule has 0 aliphatic carbocycles. The molecular weight excluding hydrogens is 424 g/mol. The largest absolute Gasteiger partial charge is 0.486 e. The van der Waals surface area contributed by atoms with Crippen LogP contribution < -0.4 is 4.74 Å². The van der Waals surface area contributed by atoms with Crippen molar-refractivity contribution in [1.82, 2.24) is 9.55 Å². The van der Waals surface area contributed by atoms with E-state index < -0.39 is 0 Å². The van der Waals surface area contributed by atoms with Crippen LogP contribution in [0, 0.1) is 19.8 Å². The smallest absolute Gasteiger partial charge is 0.309 e. The Morgan fingerprint density at radius 2 is 1.74 bits per heavy atom. The van der Waals surface area contributed by atoms with Crippen LogP contribution in [0.3, 0.4) is 0 Å². The van der Waals surface area contributed by atoms with Crippen molar-refractivity contribution in [3.63, 3.8) is 0 Å². The van der Waals surface area contributed by atoms with Gasteiger partial charge in [-0.25, -0.2) is 4.98 Å². The lowest BCUT2D eigenvalue weighted by molar-refractivity contribution is -0.148. The molecule has 1 atom stereocenters. The number of rotatable bonds is 10. The van der Waals surface area contributed by atoms with Crippen LogP contribution >= 0.6 is 0 Å². The SMILES string of the molecule is CCOC(=O)C(CCn1c(COc2ccc(C)cc2)nc2c(C)cccc21)Cc1ccccc1. The highest BCUT2D eigenvalue weighted by molar-refractivity contribution is 5.79. The van der Waals surface area contributed by atoms with Gasteiger partial charge in [0.15, 0.2) is 0 Å². The van der Waals surface area contributed by atoms with Crippen LogP contribution in [-0.4, -0.2) is 22.1 Å². The van der Waals surface area contributed by atoms with Gasteiger partial charge in [-0.05, 0) is 62.9 Å². The number of fused-ring (bicyclic) bond motifs is 1. The summed E-state index contributed by atoms with van der Waals surface area (Å²) in [6.07, 6.45) is 1.31. The van der Waals surface area contributed by atoms with E-state index in [-0.39, 0.29) is 11.9 Å². The highest BCUT2D eigenvalue weighted by Crippen LogP contribution is 2.24. The number of ether oxygens (including phenoxy) is 2. The zero-order valence-corrected chi connectivity index (χ0v) is 20.2. The molecule has 0 bridgehead atoms. The number of carbonyl (C=O) groups excluding carboxylic acids is 1. The minimum absolute atomic E-state index is 0.149. The molecule has 0 aliphatic rings. The topological polar surface area (TPSA) is 53.4 Å². The van der Waals surface area contributed by atoms with Crippen molar-refractivity contribution < 1.29 is 14.3 Å². The minimum atomic E-state index is -0.226. The second-order valence-electron chi connectivity index (χ2n) is 8.65. The minimum Gasteiger partial charge on any atom is -0.486 e. The number of nitrogens with zero attached hydrogens (tertiary/aromatic N) is 2. The number of benzene rings is 3. The summed E-state index contributed by atoms with van der Waals surface area (Å²) in [7, 11) is 0. The van der Waals surface area contributed by atoms with E-state index in [1.165, 1.54) is 5.56 Å². The van der Waals surface area contributed by atoms with Gasteiger partial charge in [-0.3, -0.25) is 4.79 Å². The number of aromatic nitrogens is 2. The van der Waals surface area contributed by atoms with Gasteiger partial charge in [0.2, 0.25) is 0 Å². The Morgan fingerprint density at radius 1 is 0.971 bits per heavy atom. The highest BCUT2D eigenvalue weighted by atomic mass is 16.5. The zero-order valence-electron chi connectivity index (χ0n) is 20.2. The molecule has 1 heterocycles. The average Bonchev–Trinajstić information content (AvgIpc) is 3.21. The third kappa shape index (κ3) is 5.66. The molecule has 0 amide bonds. The molecule has 176 valence electrons. The number of hydrogen-bond acceptors (Lipinski definition) is 4. The molecule has 5 heteroatoms. The van der Waals surface area contributed by atoms with Crippen LogP contribution in [0.5, 0.6) is 5.75 Å². The number of hydrogen-bond donors (Lipinski definition) is 0. The summed E-state index contributed by atoms with van der Waals surface area (Å²) in [4.78, 5) is 17.7. The van der Waals surface area contributed by atoms with Crippen molar-refractivity contribution in [3.8, 4) is 5.75 Å². The Labute approximate surface area is 201 Å². The first kappa shape index (κ1) is 23.6. The monoisotopic (exact) mass is 456 g/mol. The van der Waals surface area contributed by atoms with E-state index in [1.54, 1.807) is 0 Å². The molecule has 0 fully saturated rings. The Hall–Kier alpha value is -3.60. The predicted molar refractivity (Wildman–Crippen MR) is 135 cm³/mol. The summed E-state index contributed by atoms with van der Waals surface area (Å²) >= 11 is 0. The molecule has 3 aromatic carbocycles. The van der Waals surface area contributed by atoms with E-state index in [4.69, 9.17) is 14.5 Å². The van der Waals surface area contributed by atoms with Crippen molar-refractivity contribution in [2.45, 2.75) is 46.8 Å². The maximum Gasteiger partial charge on any atom is 0.309 e. The molecule has 0 radical (unpaired) electrons. The van der Waals surface area contributed by atoms with Crippen molar-refractivity contribution in [3.05, 3.63) is 95.3 Å². The van der Waals surface area contributed by atoms with Crippen LogP contribution in [0.1, 0.15) is 35.9 Å². The van der Waals surface area contributed by atoms with Crippen LogP contribution in [-0.2, 0) is 29.1 Å². The number of carbonyl (C=O) groups is 1. The first-order valence-electron chi connectivity index (χ1n) is 11.9. The van der Waals surface area contributed by atoms with E-state index >= 15 is 0 Å². The quantitative estimate of drug-likeness (QED) is 0.273. The molecule has 4 rings (SSSR count). The third-order valence-electron chi connectivity index (χ3n) is 6.09. The van der Waals surface area contributed by atoms with Gasteiger partial charge < -0.3 is 14.0 Å². The second-order valence-corrected chi connectivity index (χ2v) is 8.65. The Balaban J connectivity index is 1.58. The van der Waals surface area contributed by atoms with Crippen LogP contribution in [0.25, 0.3) is 11.0 Å². The van der Waals surface area contributed by atoms with Crippen LogP contribution in [0.4, 0.5) is 0 Å². The Kier molecular flexibility index (Phi) is 7.63. The molecule has 1 aromatic heterocycles. The van der Waals surface area contributed by atoms with Gasteiger partial charge >= 0.3 is 5.97 Å². The lowest BCUT2D eigenvalue weighted by Crippen LogP contribution is -2.22. The van der Waals surface area contributed by atoms with Crippen molar-refractivity contribution in [2.75, 3.05) is 6.61 Å². The zero-order chi connectivity index (χ0) is 23.9. The van der Waals surface area contributed by atoms with Crippen molar-refractivity contribution in [1.29, 1.82) is 0 Å². The van der Waals surface area contributed by atoms with E-state index in [1.807, 2.05) is 55.5 Å². The van der Waals surface area contributed by atoms with Crippen molar-refractivity contribution >= 4 is 17.0 Å². The van der Waals surface area contributed by atoms with E-state index in [0.717, 1.165) is 33.7 Å². The summed E-state index contributed by atoms with van der Waals surface area (Å²) in [6, 6.07) is 24.3. The summed E-state index contributed by atoms with van der Waals surface area (Å²) in [5.41, 5.74) is 5.48. The molecule has 5 nitrogen and oxygen atoms in total. The van der Waals surface area contributed by atoms with Gasteiger partial charge in [-0.15, -0.1) is 0 Å². The molecule has 0 saturated carbocycles. The van der Waals surface area contributed by atoms with Crippen LogP contribution in [0.2, 0.25) is 0 Å². The molecule has 0 aliphatic heterocycles. The number of para-hydroxylation sites is 1. The molecule has 0 spiro atoms. The van der Waals surface area contributed by atoms with Gasteiger partial charge in [0.05, 0.1) is 23.6 Å². The van der Waals surface area contributed by atoms with Gasteiger partial charge in [0.1, 0.15) is 18.2 Å². The van der Waals surface area contributed by atoms with Gasteiger partial charge in [-0.2, -0.15) is 0 Å². The maximum atomic E-state index is 12.8. The first-order valence-corrected chi connectivity index (χ1v) is 11.9. The van der Waals surface area contributed by atoms with Gasteiger partial charge in [0, 0.05) is 6.54 Å². The summed E-state index contributed by atoms with van der Waals surface area (Å²) in [5, 5.41) is 0. The molecule has 4 aromatic rings. The lowest BCUT2D eigenvalue weighted by Gasteiger charge is -2.17.